The van der Waals surface area contributed by atoms with Crippen LogP contribution in [-0.4, -0.2) is 46.9 Å². The molecule has 130 valence electrons. The first-order valence-electron chi connectivity index (χ1n) is 8.30. The molecule has 25 heavy (non-hydrogen) atoms. The molecule has 2 saturated heterocycles. The highest BCUT2D eigenvalue weighted by molar-refractivity contribution is 5.91. The maximum Gasteiger partial charge on any atom is 0.310 e. The molecule has 0 saturated carbocycles. The largest absolute Gasteiger partial charge is 0.481 e. The third-order valence-electron chi connectivity index (χ3n) is 5.76. The fraction of sp³-hybridized carbons (Fsp3) is 0.444. The molecular weight excluding hydrogens is 326 g/mol. The van der Waals surface area contributed by atoms with E-state index in [-0.39, 0.29) is 18.7 Å². The first kappa shape index (κ1) is 14.8. The second-order valence-electron chi connectivity index (χ2n) is 6.99. The Hall–Kier alpha value is -2.54. The first-order valence-corrected chi connectivity index (χ1v) is 8.30. The fourth-order valence-corrected chi connectivity index (χ4v) is 4.49. The van der Waals surface area contributed by atoms with Gasteiger partial charge in [0, 0.05) is 0 Å². The summed E-state index contributed by atoms with van der Waals surface area (Å²) in [6.45, 7) is 2.49. The number of aliphatic carboxylic acids is 1. The van der Waals surface area contributed by atoms with Crippen molar-refractivity contribution in [1.82, 2.24) is 4.90 Å². The van der Waals surface area contributed by atoms with E-state index in [1.54, 1.807) is 11.0 Å². The average molecular weight is 343 g/mol. The second-order valence-corrected chi connectivity index (χ2v) is 6.99. The fourth-order valence-electron chi connectivity index (χ4n) is 4.49. The lowest BCUT2D eigenvalue weighted by atomic mass is 9.77. The van der Waals surface area contributed by atoms with Gasteiger partial charge < -0.3 is 24.2 Å². The zero-order valence-corrected chi connectivity index (χ0v) is 13.5. The van der Waals surface area contributed by atoms with Gasteiger partial charge in [-0.15, -0.1) is 0 Å². The quantitative estimate of drug-likeness (QED) is 0.834. The van der Waals surface area contributed by atoms with Crippen LogP contribution in [0.1, 0.15) is 18.5 Å². The molecule has 1 N–H and O–H groups in total. The van der Waals surface area contributed by atoms with Crippen molar-refractivity contribution < 1.29 is 28.9 Å². The molecule has 5 rings (SSSR count). The molecule has 2 fully saturated rings. The van der Waals surface area contributed by atoms with E-state index in [1.807, 2.05) is 31.2 Å². The molecule has 0 radical (unpaired) electrons. The van der Waals surface area contributed by atoms with Gasteiger partial charge in [-0.3, -0.25) is 9.59 Å². The normalized spacial score (nSPS) is 35.3. The molecular formula is C18H17NO6. The molecule has 4 heterocycles. The van der Waals surface area contributed by atoms with E-state index in [1.165, 1.54) is 0 Å². The van der Waals surface area contributed by atoms with E-state index in [0.29, 0.717) is 18.0 Å². The Kier molecular flexibility index (Phi) is 2.81. The van der Waals surface area contributed by atoms with Gasteiger partial charge in [-0.2, -0.15) is 0 Å². The molecule has 7 heteroatoms. The van der Waals surface area contributed by atoms with E-state index < -0.39 is 29.5 Å². The van der Waals surface area contributed by atoms with Crippen LogP contribution < -0.4 is 9.47 Å². The van der Waals surface area contributed by atoms with Gasteiger partial charge in [0.15, 0.2) is 11.5 Å². The predicted molar refractivity (Wildman–Crippen MR) is 84.1 cm³/mol. The molecule has 0 aliphatic carbocycles. The van der Waals surface area contributed by atoms with Crippen LogP contribution in [0.15, 0.2) is 30.4 Å². The van der Waals surface area contributed by atoms with Gasteiger partial charge >= 0.3 is 5.97 Å². The van der Waals surface area contributed by atoms with Gasteiger partial charge in [0.2, 0.25) is 12.7 Å². The van der Waals surface area contributed by atoms with Crippen LogP contribution in [0.2, 0.25) is 0 Å². The third-order valence-corrected chi connectivity index (χ3v) is 5.76. The number of rotatable bonds is 3. The Morgan fingerprint density at radius 2 is 2.16 bits per heavy atom. The Morgan fingerprint density at radius 1 is 1.36 bits per heavy atom. The predicted octanol–water partition coefficient (Wildman–Crippen LogP) is 1.34. The zero-order valence-electron chi connectivity index (χ0n) is 13.5. The van der Waals surface area contributed by atoms with Crippen LogP contribution in [0, 0.1) is 11.8 Å². The summed E-state index contributed by atoms with van der Waals surface area (Å²) in [5.74, 6) is -1.26. The summed E-state index contributed by atoms with van der Waals surface area (Å²) in [5, 5.41) is 9.53. The van der Waals surface area contributed by atoms with Crippen molar-refractivity contribution in [1.29, 1.82) is 0 Å². The summed E-state index contributed by atoms with van der Waals surface area (Å²) in [6.07, 6.45) is 3.14. The number of carbonyl (C=O) groups excluding carboxylic acids is 1. The van der Waals surface area contributed by atoms with Crippen molar-refractivity contribution in [2.45, 2.75) is 24.7 Å². The number of hydrogen-bond donors (Lipinski definition) is 1. The number of carboxylic acid groups (broad SMARTS) is 1. The highest BCUT2D eigenvalue weighted by atomic mass is 16.7. The Labute approximate surface area is 143 Å². The van der Waals surface area contributed by atoms with Crippen LogP contribution >= 0.6 is 0 Å². The molecule has 4 aliphatic rings. The third kappa shape index (κ3) is 1.84. The number of amides is 1. The number of ether oxygens (including phenoxy) is 3. The number of fused-ring (bicyclic) bond motifs is 2. The number of nitrogens with zero attached hydrogens (tertiary/aromatic N) is 1. The van der Waals surface area contributed by atoms with Crippen molar-refractivity contribution in [3.63, 3.8) is 0 Å². The number of carboxylic acids is 1. The smallest absolute Gasteiger partial charge is 0.310 e. The summed E-state index contributed by atoms with van der Waals surface area (Å²) >= 11 is 0. The second kappa shape index (κ2) is 4.76. The van der Waals surface area contributed by atoms with E-state index in [0.717, 1.165) is 5.56 Å². The Morgan fingerprint density at radius 3 is 2.96 bits per heavy atom. The monoisotopic (exact) mass is 343 g/mol. The molecule has 0 unspecified atom stereocenters. The van der Waals surface area contributed by atoms with Crippen LogP contribution in [0.25, 0.3) is 0 Å². The minimum atomic E-state index is -0.979. The topological polar surface area (TPSA) is 85.3 Å². The highest BCUT2D eigenvalue weighted by Gasteiger charge is 2.67. The van der Waals surface area contributed by atoms with Crippen molar-refractivity contribution in [2.24, 2.45) is 11.8 Å². The summed E-state index contributed by atoms with van der Waals surface area (Å²) in [4.78, 5) is 26.4. The molecule has 1 aromatic carbocycles. The van der Waals surface area contributed by atoms with Gasteiger partial charge in [0.1, 0.15) is 11.5 Å². The molecule has 7 nitrogen and oxygen atoms in total. The molecule has 2 bridgehead atoms. The lowest BCUT2D eigenvalue weighted by molar-refractivity contribution is -0.148. The Bertz CT molecular complexity index is 820. The summed E-state index contributed by atoms with van der Waals surface area (Å²) in [5.41, 5.74) is 0.106. The molecule has 4 aliphatic heterocycles. The molecule has 1 aromatic rings. The van der Waals surface area contributed by atoms with Crippen molar-refractivity contribution >= 4 is 11.9 Å². The van der Waals surface area contributed by atoms with E-state index in [4.69, 9.17) is 14.2 Å². The van der Waals surface area contributed by atoms with Crippen LogP contribution in [0.4, 0.5) is 0 Å². The number of hydrogen-bond acceptors (Lipinski definition) is 5. The maximum absolute atomic E-state index is 13.0. The summed E-state index contributed by atoms with van der Waals surface area (Å²) < 4.78 is 16.7. The first-order chi connectivity index (χ1) is 12.0. The van der Waals surface area contributed by atoms with Crippen LogP contribution in [-0.2, 0) is 14.3 Å². The van der Waals surface area contributed by atoms with Crippen molar-refractivity contribution in [3.8, 4) is 11.5 Å². The minimum Gasteiger partial charge on any atom is -0.481 e. The van der Waals surface area contributed by atoms with Crippen molar-refractivity contribution in [2.75, 3.05) is 13.3 Å². The van der Waals surface area contributed by atoms with Gasteiger partial charge in [-0.1, -0.05) is 18.2 Å². The number of carbonyl (C=O) groups is 2. The molecule has 1 amide bonds. The highest BCUT2D eigenvalue weighted by Crippen LogP contribution is 2.53. The number of benzene rings is 1. The van der Waals surface area contributed by atoms with E-state index in [2.05, 4.69) is 0 Å². The van der Waals surface area contributed by atoms with Gasteiger partial charge in [-0.05, 0) is 24.6 Å². The van der Waals surface area contributed by atoms with Crippen LogP contribution in [0.5, 0.6) is 11.5 Å². The molecule has 0 aromatic heterocycles. The van der Waals surface area contributed by atoms with Gasteiger partial charge in [-0.25, -0.2) is 0 Å². The lowest BCUT2D eigenvalue weighted by Crippen LogP contribution is -2.39. The SMILES string of the molecule is C[C@@H](c1ccc2c(c1)OCO2)N1C[C@]23C=C[C@H](O2)[C@H](C(=O)O)[C@@H]3C1=O. The van der Waals surface area contributed by atoms with E-state index in [9.17, 15) is 14.7 Å². The minimum absolute atomic E-state index is 0.163. The average Bonchev–Trinajstić information content (AvgIpc) is 3.33. The Balaban J connectivity index is 1.47. The maximum atomic E-state index is 13.0. The van der Waals surface area contributed by atoms with Gasteiger partial charge in [0.25, 0.3) is 0 Å². The number of likely N-dealkylation sites (tertiary alicyclic amines) is 1. The van der Waals surface area contributed by atoms with Crippen molar-refractivity contribution in [3.05, 3.63) is 35.9 Å². The van der Waals surface area contributed by atoms with E-state index >= 15 is 0 Å². The van der Waals surface area contributed by atoms with Gasteiger partial charge in [0.05, 0.1) is 24.6 Å². The zero-order chi connectivity index (χ0) is 17.3. The summed E-state index contributed by atoms with van der Waals surface area (Å²) in [7, 11) is 0. The standard InChI is InChI=1S/C18H17NO6/c1-9(10-2-3-11-13(6-10)24-8-23-11)19-7-18-5-4-12(25-18)14(17(21)22)15(18)16(19)20/h2-6,9,12,14-15H,7-8H2,1H3,(H,21,22)/t9-,12-,14-,15+,18-/m0/s1. The molecule has 5 atom stereocenters. The van der Waals surface area contributed by atoms with Crippen LogP contribution in [0.3, 0.4) is 0 Å². The lowest BCUT2D eigenvalue weighted by Gasteiger charge is -2.27. The summed E-state index contributed by atoms with van der Waals surface area (Å²) in [6, 6.07) is 5.39. The molecule has 1 spiro atoms.